The summed E-state index contributed by atoms with van der Waals surface area (Å²) < 4.78 is 5.13. The maximum absolute atomic E-state index is 12.0. The molecule has 2 aromatic rings. The SMILES string of the molecule is CCC(CC)(CNC(=O)CCc1nc(-c2ccsc2)no1)C(=O)O. The zero-order valence-corrected chi connectivity index (χ0v) is 14.6. The van der Waals surface area contributed by atoms with E-state index in [1.165, 1.54) is 0 Å². The molecule has 2 rings (SSSR count). The fourth-order valence-electron chi connectivity index (χ4n) is 2.32. The summed E-state index contributed by atoms with van der Waals surface area (Å²) in [5.74, 6) is -0.210. The Bertz CT molecular complexity index is 677. The molecule has 0 spiro atoms. The minimum absolute atomic E-state index is 0.123. The van der Waals surface area contributed by atoms with Gasteiger partial charge in [-0.15, -0.1) is 0 Å². The van der Waals surface area contributed by atoms with E-state index >= 15 is 0 Å². The summed E-state index contributed by atoms with van der Waals surface area (Å²) in [5, 5.41) is 19.8. The van der Waals surface area contributed by atoms with Gasteiger partial charge in [0, 0.05) is 30.3 Å². The average molecular weight is 351 g/mol. The minimum Gasteiger partial charge on any atom is -0.481 e. The Kier molecular flexibility index (Phi) is 6.08. The number of aromatic nitrogens is 2. The summed E-state index contributed by atoms with van der Waals surface area (Å²) in [4.78, 5) is 27.6. The van der Waals surface area contributed by atoms with Crippen LogP contribution < -0.4 is 5.32 Å². The third kappa shape index (κ3) is 4.19. The first-order valence-electron chi connectivity index (χ1n) is 7.86. The molecule has 2 aromatic heterocycles. The highest BCUT2D eigenvalue weighted by molar-refractivity contribution is 7.08. The van der Waals surface area contributed by atoms with Crippen molar-refractivity contribution in [3.05, 3.63) is 22.7 Å². The van der Waals surface area contributed by atoms with E-state index < -0.39 is 11.4 Å². The third-order valence-electron chi connectivity index (χ3n) is 4.24. The summed E-state index contributed by atoms with van der Waals surface area (Å²) in [6.45, 7) is 3.75. The normalized spacial score (nSPS) is 11.4. The number of amides is 1. The lowest BCUT2D eigenvalue weighted by atomic mass is 9.82. The lowest BCUT2D eigenvalue weighted by Crippen LogP contribution is -2.42. The van der Waals surface area contributed by atoms with Crippen LogP contribution >= 0.6 is 11.3 Å². The molecule has 0 atom stereocenters. The Morgan fingerprint density at radius 2 is 2.12 bits per heavy atom. The molecule has 8 heteroatoms. The number of carboxylic acid groups (broad SMARTS) is 1. The molecule has 0 saturated heterocycles. The Balaban J connectivity index is 1.84. The van der Waals surface area contributed by atoms with Gasteiger partial charge in [-0.2, -0.15) is 16.3 Å². The van der Waals surface area contributed by atoms with Crippen LogP contribution in [-0.4, -0.2) is 33.7 Å². The molecule has 1 amide bonds. The van der Waals surface area contributed by atoms with Crippen LogP contribution in [0.15, 0.2) is 21.3 Å². The van der Waals surface area contributed by atoms with E-state index in [-0.39, 0.29) is 18.9 Å². The lowest BCUT2D eigenvalue weighted by Gasteiger charge is -2.26. The Hall–Kier alpha value is -2.22. The van der Waals surface area contributed by atoms with Crippen LogP contribution in [0.4, 0.5) is 0 Å². The predicted octanol–water partition coefficient (Wildman–Crippen LogP) is 2.74. The van der Waals surface area contributed by atoms with Crippen molar-refractivity contribution in [3.8, 4) is 11.4 Å². The van der Waals surface area contributed by atoms with Crippen LogP contribution in [0.25, 0.3) is 11.4 Å². The summed E-state index contributed by atoms with van der Waals surface area (Å²) >= 11 is 1.54. The van der Waals surface area contributed by atoms with Crippen molar-refractivity contribution in [2.45, 2.75) is 39.5 Å². The molecule has 0 aliphatic carbocycles. The second kappa shape index (κ2) is 8.05. The van der Waals surface area contributed by atoms with Gasteiger partial charge in [0.1, 0.15) is 0 Å². The van der Waals surface area contributed by atoms with Crippen LogP contribution in [0.5, 0.6) is 0 Å². The van der Waals surface area contributed by atoms with Gasteiger partial charge in [-0.25, -0.2) is 0 Å². The molecule has 0 aliphatic heterocycles. The smallest absolute Gasteiger partial charge is 0.311 e. The number of thiophene rings is 1. The number of nitrogens with zero attached hydrogens (tertiary/aromatic N) is 2. The van der Waals surface area contributed by atoms with E-state index in [0.29, 0.717) is 31.0 Å². The molecule has 2 heterocycles. The minimum atomic E-state index is -0.910. The topological polar surface area (TPSA) is 105 Å². The van der Waals surface area contributed by atoms with E-state index in [9.17, 15) is 14.7 Å². The summed E-state index contributed by atoms with van der Waals surface area (Å²) in [6.07, 6.45) is 1.43. The number of carboxylic acids is 1. The zero-order chi connectivity index (χ0) is 17.6. The second-order valence-corrected chi connectivity index (χ2v) is 6.37. The van der Waals surface area contributed by atoms with Gasteiger partial charge in [-0.1, -0.05) is 19.0 Å². The highest BCUT2D eigenvalue weighted by atomic mass is 32.1. The van der Waals surface area contributed by atoms with Crippen molar-refractivity contribution < 1.29 is 19.2 Å². The molecule has 24 heavy (non-hydrogen) atoms. The molecule has 0 bridgehead atoms. The quantitative estimate of drug-likeness (QED) is 0.719. The fourth-order valence-corrected chi connectivity index (χ4v) is 2.95. The molecular weight excluding hydrogens is 330 g/mol. The van der Waals surface area contributed by atoms with E-state index in [4.69, 9.17) is 4.52 Å². The molecule has 2 N–H and O–H groups in total. The summed E-state index contributed by atoms with van der Waals surface area (Å²) in [6, 6.07) is 1.90. The largest absolute Gasteiger partial charge is 0.481 e. The third-order valence-corrected chi connectivity index (χ3v) is 4.93. The van der Waals surface area contributed by atoms with Crippen LogP contribution in [0.1, 0.15) is 39.0 Å². The van der Waals surface area contributed by atoms with Crippen molar-refractivity contribution >= 4 is 23.2 Å². The van der Waals surface area contributed by atoms with Gasteiger partial charge in [-0.05, 0) is 24.3 Å². The van der Waals surface area contributed by atoms with Gasteiger partial charge in [0.25, 0.3) is 0 Å². The standard InChI is InChI=1S/C16H21N3O4S/c1-3-16(4-2,15(21)22)10-17-12(20)5-6-13-18-14(19-23-13)11-7-8-24-9-11/h7-9H,3-6,10H2,1-2H3,(H,17,20)(H,21,22). The first-order valence-corrected chi connectivity index (χ1v) is 8.80. The number of aryl methyl sites for hydroxylation is 1. The summed E-state index contributed by atoms with van der Waals surface area (Å²) in [7, 11) is 0. The number of aliphatic carboxylic acids is 1. The number of hydrogen-bond donors (Lipinski definition) is 2. The van der Waals surface area contributed by atoms with Crippen molar-refractivity contribution in [1.82, 2.24) is 15.5 Å². The van der Waals surface area contributed by atoms with Gasteiger partial charge >= 0.3 is 5.97 Å². The molecule has 7 nitrogen and oxygen atoms in total. The molecular formula is C16H21N3O4S. The summed E-state index contributed by atoms with van der Waals surface area (Å²) in [5.41, 5.74) is -0.0247. The highest BCUT2D eigenvalue weighted by Gasteiger charge is 2.35. The van der Waals surface area contributed by atoms with Crippen LogP contribution in [0.2, 0.25) is 0 Å². The van der Waals surface area contributed by atoms with E-state index in [0.717, 1.165) is 5.56 Å². The lowest BCUT2D eigenvalue weighted by molar-refractivity contribution is -0.149. The average Bonchev–Trinajstić information content (AvgIpc) is 3.25. The van der Waals surface area contributed by atoms with Gasteiger partial charge in [-0.3, -0.25) is 9.59 Å². The number of rotatable bonds is 9. The second-order valence-electron chi connectivity index (χ2n) is 5.59. The molecule has 0 radical (unpaired) electrons. The van der Waals surface area contributed by atoms with Gasteiger partial charge in [0.2, 0.25) is 17.6 Å². The molecule has 0 aromatic carbocycles. The van der Waals surface area contributed by atoms with Gasteiger partial charge in [0.15, 0.2) is 0 Å². The van der Waals surface area contributed by atoms with Crippen molar-refractivity contribution in [2.75, 3.05) is 6.54 Å². The van der Waals surface area contributed by atoms with Crippen LogP contribution in [0.3, 0.4) is 0 Å². The molecule has 0 saturated carbocycles. The van der Waals surface area contributed by atoms with Crippen molar-refractivity contribution in [2.24, 2.45) is 5.41 Å². The van der Waals surface area contributed by atoms with Crippen molar-refractivity contribution in [3.63, 3.8) is 0 Å². The molecule has 0 fully saturated rings. The van der Waals surface area contributed by atoms with Crippen LogP contribution in [-0.2, 0) is 16.0 Å². The first kappa shape index (κ1) is 18.1. The Morgan fingerprint density at radius 3 is 2.71 bits per heavy atom. The molecule has 130 valence electrons. The van der Waals surface area contributed by atoms with Gasteiger partial charge in [0.05, 0.1) is 5.41 Å². The molecule has 0 unspecified atom stereocenters. The van der Waals surface area contributed by atoms with Crippen LogP contribution in [0, 0.1) is 5.41 Å². The zero-order valence-electron chi connectivity index (χ0n) is 13.7. The maximum Gasteiger partial charge on any atom is 0.311 e. The van der Waals surface area contributed by atoms with E-state index in [1.54, 1.807) is 11.3 Å². The van der Waals surface area contributed by atoms with E-state index in [2.05, 4.69) is 15.5 Å². The first-order chi connectivity index (χ1) is 11.5. The van der Waals surface area contributed by atoms with Gasteiger partial charge < -0.3 is 14.9 Å². The predicted molar refractivity (Wildman–Crippen MR) is 89.6 cm³/mol. The highest BCUT2D eigenvalue weighted by Crippen LogP contribution is 2.25. The van der Waals surface area contributed by atoms with Crippen molar-refractivity contribution in [1.29, 1.82) is 0 Å². The molecule has 0 aliphatic rings. The van der Waals surface area contributed by atoms with E-state index in [1.807, 2.05) is 30.7 Å². The Morgan fingerprint density at radius 1 is 1.38 bits per heavy atom. The monoisotopic (exact) mass is 351 g/mol. The Labute approximate surface area is 144 Å². The number of hydrogen-bond acceptors (Lipinski definition) is 6. The number of carbonyl (C=O) groups is 2. The fraction of sp³-hybridized carbons (Fsp3) is 0.500. The number of nitrogens with one attached hydrogen (secondary N) is 1. The number of carbonyl (C=O) groups excluding carboxylic acids is 1. The maximum atomic E-state index is 12.0.